The van der Waals surface area contributed by atoms with Crippen molar-refractivity contribution in [2.45, 2.75) is 24.2 Å². The standard InChI is InChI=1S/C14H15NO4/c1-16-10-4-7(5-11-13(10)18-6-17-11)12-8(15)2-3-9-14(12)19-9/h2-5,8-9,12,14H,6,15H2,1H3/t8-,9-,12+,14-/m0/s1. The average Bonchev–Trinajstić information content (AvgIpc) is 3.04. The van der Waals surface area contributed by atoms with Gasteiger partial charge in [0.25, 0.3) is 0 Å². The van der Waals surface area contributed by atoms with Crippen LogP contribution < -0.4 is 19.9 Å². The van der Waals surface area contributed by atoms with Gasteiger partial charge in [0.05, 0.1) is 13.2 Å². The number of fused-ring (bicyclic) bond motifs is 2. The van der Waals surface area contributed by atoms with Crippen LogP contribution in [0.2, 0.25) is 0 Å². The van der Waals surface area contributed by atoms with Gasteiger partial charge >= 0.3 is 0 Å². The highest BCUT2D eigenvalue weighted by atomic mass is 16.7. The van der Waals surface area contributed by atoms with Gasteiger partial charge in [-0.3, -0.25) is 0 Å². The monoisotopic (exact) mass is 261 g/mol. The molecule has 0 spiro atoms. The fourth-order valence-electron chi connectivity index (χ4n) is 2.91. The fourth-order valence-corrected chi connectivity index (χ4v) is 2.91. The van der Waals surface area contributed by atoms with Gasteiger partial charge in [0.1, 0.15) is 6.10 Å². The molecule has 19 heavy (non-hydrogen) atoms. The average molecular weight is 261 g/mol. The number of hydrogen-bond acceptors (Lipinski definition) is 5. The lowest BCUT2D eigenvalue weighted by Crippen LogP contribution is -2.32. The van der Waals surface area contributed by atoms with E-state index in [2.05, 4.69) is 0 Å². The molecule has 2 heterocycles. The molecule has 4 rings (SSSR count). The van der Waals surface area contributed by atoms with E-state index in [9.17, 15) is 0 Å². The largest absolute Gasteiger partial charge is 0.493 e. The van der Waals surface area contributed by atoms with Crippen LogP contribution in [-0.4, -0.2) is 32.2 Å². The van der Waals surface area contributed by atoms with Crippen LogP contribution >= 0.6 is 0 Å². The predicted octanol–water partition coefficient (Wildman–Crippen LogP) is 1.17. The van der Waals surface area contributed by atoms with E-state index in [1.165, 1.54) is 0 Å². The minimum Gasteiger partial charge on any atom is -0.493 e. The van der Waals surface area contributed by atoms with E-state index >= 15 is 0 Å². The van der Waals surface area contributed by atoms with Crippen LogP contribution in [-0.2, 0) is 4.74 Å². The van der Waals surface area contributed by atoms with Crippen LogP contribution in [0.3, 0.4) is 0 Å². The fraction of sp³-hybridized carbons (Fsp3) is 0.429. The molecule has 0 bridgehead atoms. The van der Waals surface area contributed by atoms with Crippen LogP contribution in [0.1, 0.15) is 11.5 Å². The Hall–Kier alpha value is -1.72. The quantitative estimate of drug-likeness (QED) is 0.639. The Morgan fingerprint density at radius 3 is 3.00 bits per heavy atom. The molecule has 1 saturated heterocycles. The van der Waals surface area contributed by atoms with E-state index < -0.39 is 0 Å². The number of epoxide rings is 1. The summed E-state index contributed by atoms with van der Waals surface area (Å²) in [5.41, 5.74) is 7.26. The summed E-state index contributed by atoms with van der Waals surface area (Å²) in [5, 5.41) is 0. The third-order valence-corrected chi connectivity index (χ3v) is 3.92. The molecule has 1 aliphatic carbocycles. The minimum absolute atomic E-state index is 0.0474. The number of hydrogen-bond donors (Lipinski definition) is 1. The smallest absolute Gasteiger partial charge is 0.231 e. The summed E-state index contributed by atoms with van der Waals surface area (Å²) < 4.78 is 21.9. The van der Waals surface area contributed by atoms with Crippen molar-refractivity contribution in [2.75, 3.05) is 13.9 Å². The summed E-state index contributed by atoms with van der Waals surface area (Å²) in [4.78, 5) is 0. The van der Waals surface area contributed by atoms with Gasteiger partial charge in [-0.15, -0.1) is 0 Å². The van der Waals surface area contributed by atoms with Gasteiger partial charge in [-0.05, 0) is 17.7 Å². The van der Waals surface area contributed by atoms with E-state index in [0.717, 1.165) is 5.56 Å². The van der Waals surface area contributed by atoms with E-state index in [1.54, 1.807) is 7.11 Å². The Morgan fingerprint density at radius 1 is 1.26 bits per heavy atom. The zero-order valence-corrected chi connectivity index (χ0v) is 10.5. The lowest BCUT2D eigenvalue weighted by Gasteiger charge is -2.23. The Morgan fingerprint density at radius 2 is 2.16 bits per heavy atom. The summed E-state index contributed by atoms with van der Waals surface area (Å²) in [5.74, 6) is 2.20. The maximum atomic E-state index is 6.19. The predicted molar refractivity (Wildman–Crippen MR) is 67.6 cm³/mol. The molecule has 0 aromatic heterocycles. The van der Waals surface area contributed by atoms with Crippen LogP contribution in [0.25, 0.3) is 0 Å². The number of nitrogens with two attached hydrogens (primary N) is 1. The minimum atomic E-state index is -0.0474. The van der Waals surface area contributed by atoms with Gasteiger partial charge in [-0.2, -0.15) is 0 Å². The summed E-state index contributed by atoms with van der Waals surface area (Å²) in [6.07, 6.45) is 4.43. The van der Waals surface area contributed by atoms with Crippen molar-refractivity contribution in [2.24, 2.45) is 5.73 Å². The van der Waals surface area contributed by atoms with E-state index in [0.29, 0.717) is 17.2 Å². The van der Waals surface area contributed by atoms with Crippen molar-refractivity contribution in [1.29, 1.82) is 0 Å². The van der Waals surface area contributed by atoms with E-state index in [1.807, 2.05) is 24.3 Å². The van der Waals surface area contributed by atoms with E-state index in [4.69, 9.17) is 24.7 Å². The Bertz CT molecular complexity index is 557. The Kier molecular flexibility index (Phi) is 2.28. The third-order valence-electron chi connectivity index (χ3n) is 3.92. The molecule has 0 amide bonds. The van der Waals surface area contributed by atoms with Gasteiger partial charge in [0.15, 0.2) is 11.5 Å². The summed E-state index contributed by atoms with van der Waals surface area (Å²) >= 11 is 0. The van der Waals surface area contributed by atoms with Gasteiger partial charge in [-0.25, -0.2) is 0 Å². The molecule has 0 radical (unpaired) electrons. The molecule has 0 unspecified atom stereocenters. The molecule has 2 aliphatic heterocycles. The molecule has 3 aliphatic rings. The van der Waals surface area contributed by atoms with Crippen molar-refractivity contribution in [3.63, 3.8) is 0 Å². The van der Waals surface area contributed by atoms with Crippen molar-refractivity contribution in [3.8, 4) is 17.2 Å². The van der Waals surface area contributed by atoms with Crippen molar-refractivity contribution in [3.05, 3.63) is 29.8 Å². The Balaban J connectivity index is 1.77. The highest BCUT2D eigenvalue weighted by Crippen LogP contribution is 2.48. The van der Waals surface area contributed by atoms with E-state index in [-0.39, 0.29) is 31.0 Å². The molecule has 0 saturated carbocycles. The second kappa shape index (κ2) is 3.88. The molecular weight excluding hydrogens is 246 g/mol. The second-order valence-corrected chi connectivity index (χ2v) is 5.01. The van der Waals surface area contributed by atoms with Gasteiger partial charge in [0, 0.05) is 12.0 Å². The lowest BCUT2D eigenvalue weighted by molar-refractivity contribution is 0.171. The number of ether oxygens (including phenoxy) is 4. The maximum Gasteiger partial charge on any atom is 0.231 e. The van der Waals surface area contributed by atoms with Crippen molar-refractivity contribution < 1.29 is 18.9 Å². The molecular formula is C14H15NO4. The molecule has 4 atom stereocenters. The first-order valence-corrected chi connectivity index (χ1v) is 6.35. The highest BCUT2D eigenvalue weighted by Gasteiger charge is 2.48. The van der Waals surface area contributed by atoms with Crippen LogP contribution in [0.15, 0.2) is 24.3 Å². The normalized spacial score (nSPS) is 34.0. The summed E-state index contributed by atoms with van der Waals surface area (Å²) in [6.45, 7) is 0.230. The molecule has 5 heteroatoms. The van der Waals surface area contributed by atoms with Crippen LogP contribution in [0.4, 0.5) is 0 Å². The van der Waals surface area contributed by atoms with Crippen molar-refractivity contribution in [1.82, 2.24) is 0 Å². The summed E-state index contributed by atoms with van der Waals surface area (Å²) in [6, 6.07) is 3.90. The first kappa shape index (κ1) is 11.1. The van der Waals surface area contributed by atoms with Crippen LogP contribution in [0.5, 0.6) is 17.2 Å². The lowest BCUT2D eigenvalue weighted by atomic mass is 9.84. The molecule has 2 N–H and O–H groups in total. The van der Waals surface area contributed by atoms with Gasteiger partial charge in [0.2, 0.25) is 12.5 Å². The number of rotatable bonds is 2. The first-order valence-electron chi connectivity index (χ1n) is 6.35. The topological polar surface area (TPSA) is 66.2 Å². The maximum absolute atomic E-state index is 6.19. The molecule has 1 aromatic rings. The molecule has 5 nitrogen and oxygen atoms in total. The van der Waals surface area contributed by atoms with Crippen molar-refractivity contribution >= 4 is 0 Å². The highest BCUT2D eigenvalue weighted by molar-refractivity contribution is 5.56. The second-order valence-electron chi connectivity index (χ2n) is 5.01. The summed E-state index contributed by atoms with van der Waals surface area (Å²) in [7, 11) is 1.62. The SMILES string of the molecule is COc1cc([C@H]2[C@H]3O[C@H]3C=C[C@@H]2N)cc2c1OCO2. The molecule has 1 aromatic carbocycles. The molecule has 1 fully saturated rings. The number of methoxy groups -OCH3 is 1. The zero-order valence-electron chi connectivity index (χ0n) is 10.5. The van der Waals surface area contributed by atoms with Crippen LogP contribution in [0, 0.1) is 0 Å². The van der Waals surface area contributed by atoms with Gasteiger partial charge < -0.3 is 24.7 Å². The zero-order chi connectivity index (χ0) is 13.0. The van der Waals surface area contributed by atoms with Gasteiger partial charge in [-0.1, -0.05) is 12.2 Å². The third kappa shape index (κ3) is 1.62. The molecule has 100 valence electrons. The Labute approximate surface area is 110 Å². The number of benzene rings is 1. The first-order chi connectivity index (χ1) is 9.28.